The Labute approximate surface area is 115 Å². The second-order valence-electron chi connectivity index (χ2n) is 4.25. The molecule has 0 unspecified atom stereocenters. The van der Waals surface area contributed by atoms with Crippen LogP contribution in [0.4, 0.5) is 10.5 Å². The van der Waals surface area contributed by atoms with Gasteiger partial charge in [-0.1, -0.05) is 0 Å². The van der Waals surface area contributed by atoms with Crippen LogP contribution in [0.3, 0.4) is 0 Å². The smallest absolute Gasteiger partial charge is 0.326 e. The minimum absolute atomic E-state index is 0.455. The van der Waals surface area contributed by atoms with E-state index in [9.17, 15) is 14.4 Å². The molecule has 0 radical (unpaired) electrons. The Bertz CT molecular complexity index is 544. The molecule has 20 heavy (non-hydrogen) atoms. The normalized spacial score (nSPS) is 11.5. The van der Waals surface area contributed by atoms with Gasteiger partial charge in [0, 0.05) is 5.69 Å². The predicted octanol–water partition coefficient (Wildman–Crippen LogP) is 0.149. The van der Waals surface area contributed by atoms with Crippen LogP contribution in [0.2, 0.25) is 0 Å². The van der Waals surface area contributed by atoms with Crippen molar-refractivity contribution < 1.29 is 19.5 Å². The predicted molar refractivity (Wildman–Crippen MR) is 71.1 cm³/mol. The zero-order valence-electron chi connectivity index (χ0n) is 11.1. The standard InChI is InChI=1S/C12H16N4O4/c1-6-3-4-8(7(2)14-6)15-12(20)16-9(11(18)19)5-10(13)17/h3-4,9H,5H2,1-2H3,(H2,13,17)(H,18,19)(H2,15,16,20)/t9-/m0/s1. The maximum atomic E-state index is 11.7. The molecule has 8 heteroatoms. The van der Waals surface area contributed by atoms with Gasteiger partial charge in [-0.05, 0) is 26.0 Å². The number of hydrogen-bond donors (Lipinski definition) is 4. The van der Waals surface area contributed by atoms with Gasteiger partial charge in [-0.25, -0.2) is 9.59 Å². The minimum Gasteiger partial charge on any atom is -0.480 e. The third-order valence-electron chi connectivity index (χ3n) is 2.48. The molecule has 0 saturated carbocycles. The number of nitrogens with two attached hydrogens (primary N) is 1. The van der Waals surface area contributed by atoms with Crippen LogP contribution in [0.1, 0.15) is 17.8 Å². The molecule has 8 nitrogen and oxygen atoms in total. The van der Waals surface area contributed by atoms with Crippen molar-refractivity contribution in [1.29, 1.82) is 0 Å². The SMILES string of the molecule is Cc1ccc(NC(=O)N[C@@H](CC(N)=O)C(=O)O)c(C)n1. The second kappa shape index (κ2) is 6.50. The van der Waals surface area contributed by atoms with Gasteiger partial charge in [0.05, 0.1) is 17.8 Å². The minimum atomic E-state index is -1.37. The summed E-state index contributed by atoms with van der Waals surface area (Å²) in [5, 5.41) is 13.5. The van der Waals surface area contributed by atoms with Gasteiger partial charge in [-0.2, -0.15) is 0 Å². The van der Waals surface area contributed by atoms with E-state index in [1.54, 1.807) is 19.1 Å². The summed E-state index contributed by atoms with van der Waals surface area (Å²) < 4.78 is 0. The zero-order chi connectivity index (χ0) is 15.3. The van der Waals surface area contributed by atoms with E-state index in [1.807, 2.05) is 6.92 Å². The summed E-state index contributed by atoms with van der Waals surface area (Å²) in [7, 11) is 0. The van der Waals surface area contributed by atoms with Crippen molar-refractivity contribution in [3.63, 3.8) is 0 Å². The number of pyridine rings is 1. The lowest BCUT2D eigenvalue weighted by Crippen LogP contribution is -2.45. The fourth-order valence-corrected chi connectivity index (χ4v) is 1.54. The molecule has 0 saturated heterocycles. The van der Waals surface area contributed by atoms with Gasteiger partial charge in [0.1, 0.15) is 6.04 Å². The number of hydrogen-bond acceptors (Lipinski definition) is 4. The topological polar surface area (TPSA) is 134 Å². The van der Waals surface area contributed by atoms with Gasteiger partial charge in [0.15, 0.2) is 0 Å². The van der Waals surface area contributed by atoms with E-state index in [2.05, 4.69) is 15.6 Å². The second-order valence-corrected chi connectivity index (χ2v) is 4.25. The fourth-order valence-electron chi connectivity index (χ4n) is 1.54. The molecule has 0 spiro atoms. The number of anilines is 1. The number of carboxylic acids is 1. The molecule has 108 valence electrons. The molecule has 0 aromatic carbocycles. The van der Waals surface area contributed by atoms with Crippen LogP contribution < -0.4 is 16.4 Å². The number of carbonyl (C=O) groups is 3. The number of aromatic nitrogens is 1. The van der Waals surface area contributed by atoms with Gasteiger partial charge in [-0.15, -0.1) is 0 Å². The van der Waals surface area contributed by atoms with Crippen LogP contribution in [0.25, 0.3) is 0 Å². The van der Waals surface area contributed by atoms with Crippen molar-refractivity contribution in [3.05, 3.63) is 23.5 Å². The summed E-state index contributed by atoms with van der Waals surface area (Å²) >= 11 is 0. The molecule has 1 heterocycles. The number of carboxylic acid groups (broad SMARTS) is 1. The summed E-state index contributed by atoms with van der Waals surface area (Å²) in [6, 6.07) is 1.25. The lowest BCUT2D eigenvalue weighted by Gasteiger charge is -2.14. The molecule has 3 amide bonds. The Hall–Kier alpha value is -2.64. The molecule has 0 fully saturated rings. The van der Waals surface area contributed by atoms with Crippen molar-refractivity contribution in [2.24, 2.45) is 5.73 Å². The van der Waals surface area contributed by atoms with Crippen LogP contribution >= 0.6 is 0 Å². The lowest BCUT2D eigenvalue weighted by molar-refractivity contribution is -0.140. The van der Waals surface area contributed by atoms with Crippen LogP contribution in [0.5, 0.6) is 0 Å². The van der Waals surface area contributed by atoms with E-state index in [1.165, 1.54) is 0 Å². The first-order chi connectivity index (χ1) is 9.29. The lowest BCUT2D eigenvalue weighted by atomic mass is 10.2. The first-order valence-electron chi connectivity index (χ1n) is 5.82. The molecular formula is C12H16N4O4. The Morgan fingerprint density at radius 3 is 2.50 bits per heavy atom. The third-order valence-corrected chi connectivity index (χ3v) is 2.48. The number of urea groups is 1. The van der Waals surface area contributed by atoms with Crippen molar-refractivity contribution >= 4 is 23.6 Å². The number of nitrogens with one attached hydrogen (secondary N) is 2. The average molecular weight is 280 g/mol. The average Bonchev–Trinajstić information content (AvgIpc) is 2.31. The molecule has 1 aromatic heterocycles. The van der Waals surface area contributed by atoms with E-state index in [0.29, 0.717) is 11.4 Å². The number of nitrogens with zero attached hydrogens (tertiary/aromatic N) is 1. The summed E-state index contributed by atoms with van der Waals surface area (Å²) in [5.74, 6) is -2.15. The van der Waals surface area contributed by atoms with E-state index in [-0.39, 0.29) is 0 Å². The first kappa shape index (κ1) is 15.4. The van der Waals surface area contributed by atoms with Crippen LogP contribution in [-0.2, 0) is 9.59 Å². The highest BCUT2D eigenvalue weighted by Gasteiger charge is 2.22. The highest BCUT2D eigenvalue weighted by atomic mass is 16.4. The largest absolute Gasteiger partial charge is 0.480 e. The summed E-state index contributed by atoms with van der Waals surface area (Å²) in [6.07, 6.45) is -0.478. The quantitative estimate of drug-likeness (QED) is 0.609. The number of carbonyl (C=O) groups excluding carboxylic acids is 2. The van der Waals surface area contributed by atoms with Crippen LogP contribution in [0.15, 0.2) is 12.1 Å². The molecule has 1 aromatic rings. The number of rotatable bonds is 5. The molecule has 0 aliphatic heterocycles. The maximum absolute atomic E-state index is 11.7. The van der Waals surface area contributed by atoms with E-state index in [0.717, 1.165) is 5.69 Å². The molecule has 0 aliphatic carbocycles. The van der Waals surface area contributed by atoms with Crippen LogP contribution in [-0.4, -0.2) is 34.0 Å². The maximum Gasteiger partial charge on any atom is 0.326 e. The van der Waals surface area contributed by atoms with E-state index < -0.39 is 30.4 Å². The molecule has 5 N–H and O–H groups in total. The fraction of sp³-hybridized carbons (Fsp3) is 0.333. The Balaban J connectivity index is 2.70. The highest BCUT2D eigenvalue weighted by molar-refractivity contribution is 5.94. The van der Waals surface area contributed by atoms with Gasteiger partial charge < -0.3 is 21.5 Å². The highest BCUT2D eigenvalue weighted by Crippen LogP contribution is 2.12. The van der Waals surface area contributed by atoms with Gasteiger partial charge in [0.2, 0.25) is 5.91 Å². The van der Waals surface area contributed by atoms with Gasteiger partial charge in [-0.3, -0.25) is 9.78 Å². The van der Waals surface area contributed by atoms with Crippen molar-refractivity contribution in [3.8, 4) is 0 Å². The van der Waals surface area contributed by atoms with E-state index in [4.69, 9.17) is 10.8 Å². The van der Waals surface area contributed by atoms with Gasteiger partial charge in [0.25, 0.3) is 0 Å². The van der Waals surface area contributed by atoms with Gasteiger partial charge >= 0.3 is 12.0 Å². The Morgan fingerprint density at radius 1 is 1.35 bits per heavy atom. The number of aliphatic carboxylic acids is 1. The summed E-state index contributed by atoms with van der Waals surface area (Å²) in [4.78, 5) is 37.4. The third kappa shape index (κ3) is 4.56. The number of primary amides is 1. The number of aryl methyl sites for hydroxylation is 2. The van der Waals surface area contributed by atoms with Crippen molar-refractivity contribution in [1.82, 2.24) is 10.3 Å². The monoisotopic (exact) mass is 280 g/mol. The Kier molecular flexibility index (Phi) is 5.01. The van der Waals surface area contributed by atoms with E-state index >= 15 is 0 Å². The molecule has 0 bridgehead atoms. The molecular weight excluding hydrogens is 264 g/mol. The first-order valence-corrected chi connectivity index (χ1v) is 5.82. The molecule has 0 aliphatic rings. The molecule has 1 rings (SSSR count). The molecule has 1 atom stereocenters. The summed E-state index contributed by atoms with van der Waals surface area (Å²) in [5.41, 5.74) is 6.77. The van der Waals surface area contributed by atoms with Crippen molar-refractivity contribution in [2.45, 2.75) is 26.3 Å². The number of amides is 3. The zero-order valence-corrected chi connectivity index (χ0v) is 11.1. The van der Waals surface area contributed by atoms with Crippen LogP contribution in [0, 0.1) is 13.8 Å². The Morgan fingerprint density at radius 2 is 2.00 bits per heavy atom. The van der Waals surface area contributed by atoms with Crippen molar-refractivity contribution in [2.75, 3.05) is 5.32 Å². The summed E-state index contributed by atoms with van der Waals surface area (Å²) in [6.45, 7) is 3.52.